The SMILES string of the molecule is Cc1ccncc1C(=O)N[C@@]12CC[C@]3(C)[C@H](CC[C@@H]4[C@@]5(C)CC[C@H](OC(=O)CC(C)(C)C(=O)O)C(C)(C)[C@@H]5CC[C@]43C)C1=C(C(C)C)C(=O)C2. The molecule has 0 unspecified atom stereocenters. The van der Waals surface area contributed by atoms with Gasteiger partial charge in [-0.1, -0.05) is 48.5 Å². The first kappa shape index (κ1) is 36.8. The molecule has 0 aromatic carbocycles. The Balaban J connectivity index is 1.31. The molecular weight excluding hydrogens is 628 g/mol. The van der Waals surface area contributed by atoms with E-state index in [1.54, 1.807) is 26.2 Å². The highest BCUT2D eigenvalue weighted by atomic mass is 16.5. The van der Waals surface area contributed by atoms with Gasteiger partial charge in [0.05, 0.1) is 22.9 Å². The average Bonchev–Trinajstić information content (AvgIpc) is 3.30. The standard InChI is InChI=1S/C42H60N2O6/c1-24(2)33-28(45)21-42(44-35(47)26-23-43-20-15-25(26)3)19-18-40(9)27(34(33)42)11-12-30-39(8)16-14-31(50-32(46)22-37(4,5)36(48)49)38(6,7)29(39)13-17-41(30,40)10/h15,20,23-24,27,29-31H,11-14,16-19,21-22H2,1-10H3,(H,44,47)(H,48,49)/t27-,29+,30-,31+,39+,40-,41-,42-/m1/s1. The second-order valence-corrected chi connectivity index (χ2v) is 19.1. The minimum Gasteiger partial charge on any atom is -0.481 e. The van der Waals surface area contributed by atoms with Gasteiger partial charge >= 0.3 is 11.9 Å². The summed E-state index contributed by atoms with van der Waals surface area (Å²) in [6.45, 7) is 21.4. The van der Waals surface area contributed by atoms with Crippen molar-refractivity contribution in [2.75, 3.05) is 0 Å². The number of rotatable bonds is 7. The Kier molecular flexibility index (Phi) is 8.83. The number of fused-ring (bicyclic) bond motifs is 7. The first-order valence-electron chi connectivity index (χ1n) is 19.1. The summed E-state index contributed by atoms with van der Waals surface area (Å²) in [5, 5.41) is 13.1. The van der Waals surface area contributed by atoms with E-state index in [9.17, 15) is 24.3 Å². The van der Waals surface area contributed by atoms with Crippen LogP contribution in [-0.2, 0) is 19.1 Å². The molecule has 1 aromatic rings. The lowest BCUT2D eigenvalue weighted by Gasteiger charge is -2.72. The van der Waals surface area contributed by atoms with Crippen LogP contribution in [0.15, 0.2) is 29.6 Å². The van der Waals surface area contributed by atoms with Crippen LogP contribution in [0.1, 0.15) is 142 Å². The van der Waals surface area contributed by atoms with Gasteiger partial charge in [0, 0.05) is 24.2 Å². The molecule has 50 heavy (non-hydrogen) atoms. The number of ketones is 1. The van der Waals surface area contributed by atoms with Gasteiger partial charge in [0.2, 0.25) is 0 Å². The number of esters is 1. The minimum absolute atomic E-state index is 0.0309. The monoisotopic (exact) mass is 688 g/mol. The predicted molar refractivity (Wildman–Crippen MR) is 192 cm³/mol. The third-order valence-electron chi connectivity index (χ3n) is 15.4. The summed E-state index contributed by atoms with van der Waals surface area (Å²) < 4.78 is 6.15. The molecule has 8 nitrogen and oxygen atoms in total. The summed E-state index contributed by atoms with van der Waals surface area (Å²) in [5.74, 6) is -0.264. The van der Waals surface area contributed by atoms with Gasteiger partial charge in [-0.05, 0) is 135 Å². The maximum atomic E-state index is 14.0. The second-order valence-electron chi connectivity index (χ2n) is 19.1. The summed E-state index contributed by atoms with van der Waals surface area (Å²) >= 11 is 0. The molecule has 8 heteroatoms. The summed E-state index contributed by atoms with van der Waals surface area (Å²) in [4.78, 5) is 56.9. The lowest BCUT2D eigenvalue weighted by molar-refractivity contribution is -0.232. The number of aryl methyl sites for hydroxylation is 1. The van der Waals surface area contributed by atoms with Crippen LogP contribution in [0.5, 0.6) is 0 Å². The van der Waals surface area contributed by atoms with E-state index in [4.69, 9.17) is 4.74 Å². The highest BCUT2D eigenvalue weighted by molar-refractivity contribution is 6.04. The summed E-state index contributed by atoms with van der Waals surface area (Å²) in [7, 11) is 0. The number of hydrogen-bond acceptors (Lipinski definition) is 6. The lowest BCUT2D eigenvalue weighted by atomic mass is 9.33. The molecule has 1 amide bonds. The Morgan fingerprint density at radius 3 is 2.32 bits per heavy atom. The van der Waals surface area contributed by atoms with Crippen molar-refractivity contribution < 1.29 is 29.0 Å². The third kappa shape index (κ3) is 5.31. The van der Waals surface area contributed by atoms with Crippen molar-refractivity contribution in [3.63, 3.8) is 0 Å². The summed E-state index contributed by atoms with van der Waals surface area (Å²) in [6.07, 6.45) is 10.9. The number of pyridine rings is 1. The van der Waals surface area contributed by atoms with Crippen LogP contribution >= 0.6 is 0 Å². The Hall–Kier alpha value is -3.03. The van der Waals surface area contributed by atoms with Crippen molar-refractivity contribution in [2.24, 2.45) is 50.7 Å². The molecule has 0 bridgehead atoms. The van der Waals surface area contributed by atoms with Gasteiger partial charge in [-0.15, -0.1) is 0 Å². The highest BCUT2D eigenvalue weighted by Crippen LogP contribution is 2.76. The van der Waals surface area contributed by atoms with E-state index < -0.39 is 22.9 Å². The van der Waals surface area contributed by atoms with Crippen LogP contribution in [0.4, 0.5) is 0 Å². The molecule has 0 spiro atoms. The largest absolute Gasteiger partial charge is 0.481 e. The highest BCUT2D eigenvalue weighted by Gasteiger charge is 2.70. The number of nitrogens with zero attached hydrogens (tertiary/aromatic N) is 1. The third-order valence-corrected chi connectivity index (χ3v) is 15.4. The fraction of sp³-hybridized carbons (Fsp3) is 0.738. The van der Waals surface area contributed by atoms with Crippen molar-refractivity contribution >= 4 is 23.6 Å². The first-order valence-corrected chi connectivity index (χ1v) is 19.1. The number of carbonyl (C=O) groups excluding carboxylic acids is 3. The van der Waals surface area contributed by atoms with Crippen LogP contribution in [0.3, 0.4) is 0 Å². The molecule has 0 radical (unpaired) electrons. The number of allylic oxidation sites excluding steroid dienone is 1. The van der Waals surface area contributed by atoms with Crippen LogP contribution in [-0.4, -0.2) is 45.4 Å². The minimum atomic E-state index is -1.17. The fourth-order valence-corrected chi connectivity index (χ4v) is 12.6. The van der Waals surface area contributed by atoms with E-state index in [1.807, 2.05) is 13.0 Å². The molecule has 5 aliphatic carbocycles. The van der Waals surface area contributed by atoms with E-state index >= 15 is 0 Å². The first-order chi connectivity index (χ1) is 23.1. The number of carbonyl (C=O) groups is 4. The van der Waals surface area contributed by atoms with Crippen molar-refractivity contribution in [2.45, 2.75) is 145 Å². The molecule has 2 N–H and O–H groups in total. The van der Waals surface area contributed by atoms with E-state index in [2.05, 4.69) is 58.8 Å². The van der Waals surface area contributed by atoms with Crippen molar-refractivity contribution in [3.8, 4) is 0 Å². The number of amides is 1. The van der Waals surface area contributed by atoms with Gasteiger partial charge in [-0.2, -0.15) is 0 Å². The number of carboxylic acid groups (broad SMARTS) is 1. The van der Waals surface area contributed by atoms with Crippen LogP contribution < -0.4 is 5.32 Å². The smallest absolute Gasteiger partial charge is 0.309 e. The molecular formula is C42H60N2O6. The van der Waals surface area contributed by atoms with Gasteiger partial charge < -0.3 is 15.2 Å². The number of hydrogen-bond donors (Lipinski definition) is 2. The van der Waals surface area contributed by atoms with Crippen molar-refractivity contribution in [1.82, 2.24) is 10.3 Å². The zero-order valence-electron chi connectivity index (χ0n) is 32.1. The van der Waals surface area contributed by atoms with Gasteiger partial charge in [0.25, 0.3) is 5.91 Å². The zero-order valence-corrected chi connectivity index (χ0v) is 32.1. The molecule has 4 fully saturated rings. The van der Waals surface area contributed by atoms with Crippen LogP contribution in [0.2, 0.25) is 0 Å². The van der Waals surface area contributed by atoms with E-state index in [-0.39, 0.29) is 57.7 Å². The number of carboxylic acids is 1. The van der Waals surface area contributed by atoms with Crippen LogP contribution in [0, 0.1) is 57.7 Å². The molecule has 274 valence electrons. The maximum Gasteiger partial charge on any atom is 0.309 e. The number of Topliss-reactive ketones (excluding diaryl/α,β-unsaturated/α-hetero) is 1. The molecule has 1 aromatic heterocycles. The molecule has 4 saturated carbocycles. The Morgan fingerprint density at radius 1 is 0.980 bits per heavy atom. The van der Waals surface area contributed by atoms with Crippen LogP contribution in [0.25, 0.3) is 0 Å². The fourth-order valence-electron chi connectivity index (χ4n) is 12.6. The Bertz CT molecular complexity index is 1640. The van der Waals surface area contributed by atoms with Gasteiger partial charge in [-0.3, -0.25) is 24.2 Å². The molecule has 6 rings (SSSR count). The van der Waals surface area contributed by atoms with Gasteiger partial charge in [-0.25, -0.2) is 0 Å². The number of aromatic nitrogens is 1. The number of nitrogens with one attached hydrogen (secondary N) is 1. The predicted octanol–water partition coefficient (Wildman–Crippen LogP) is 8.27. The number of ether oxygens (including phenoxy) is 1. The Labute approximate surface area is 299 Å². The molecule has 0 saturated heterocycles. The summed E-state index contributed by atoms with van der Waals surface area (Å²) in [5.41, 5.74) is 1.56. The summed E-state index contributed by atoms with van der Waals surface area (Å²) in [6, 6.07) is 1.86. The zero-order chi connectivity index (χ0) is 36.8. The maximum absolute atomic E-state index is 14.0. The van der Waals surface area contributed by atoms with Gasteiger partial charge in [0.15, 0.2) is 5.78 Å². The Morgan fingerprint density at radius 2 is 1.68 bits per heavy atom. The quantitative estimate of drug-likeness (QED) is 0.277. The molecule has 8 atom stereocenters. The lowest BCUT2D eigenvalue weighted by Crippen LogP contribution is -2.67. The van der Waals surface area contributed by atoms with Gasteiger partial charge in [0.1, 0.15) is 6.10 Å². The average molecular weight is 689 g/mol. The molecule has 5 aliphatic rings. The number of aliphatic carboxylic acids is 1. The van der Waals surface area contributed by atoms with Crippen molar-refractivity contribution in [3.05, 3.63) is 40.7 Å². The second kappa shape index (κ2) is 12.0. The van der Waals surface area contributed by atoms with Crippen molar-refractivity contribution in [1.29, 1.82) is 0 Å². The van der Waals surface area contributed by atoms with E-state index in [0.29, 0.717) is 23.8 Å². The normalized spacial score (nSPS) is 37.7. The molecule has 0 aliphatic heterocycles. The van der Waals surface area contributed by atoms with E-state index in [1.165, 1.54) is 5.57 Å². The van der Waals surface area contributed by atoms with E-state index in [0.717, 1.165) is 62.5 Å². The topological polar surface area (TPSA) is 123 Å². The molecule has 1 heterocycles.